The average molecular weight is 769 g/mol. The fraction of sp³-hybridized carbons (Fsp3) is 0.837. The zero-order chi connectivity index (χ0) is 39.7. The van der Waals surface area contributed by atoms with E-state index in [2.05, 4.69) is 38.2 Å². The summed E-state index contributed by atoms with van der Waals surface area (Å²) in [6.45, 7) is 3.77. The Morgan fingerprint density at radius 2 is 1.04 bits per heavy atom. The smallest absolute Gasteiger partial charge is 0.335 e. The van der Waals surface area contributed by atoms with Crippen LogP contribution in [-0.4, -0.2) is 88.4 Å². The van der Waals surface area contributed by atoms with Crippen molar-refractivity contribution in [3.63, 3.8) is 0 Å². The van der Waals surface area contributed by atoms with Gasteiger partial charge in [-0.05, 0) is 44.9 Å². The van der Waals surface area contributed by atoms with Crippen LogP contribution in [0.1, 0.15) is 181 Å². The topological polar surface area (TPSA) is 169 Å². The molecule has 11 nitrogen and oxygen atoms in total. The van der Waals surface area contributed by atoms with E-state index in [4.69, 9.17) is 18.9 Å². The number of carboxylic acids is 1. The molecule has 0 spiro atoms. The largest absolute Gasteiger partial charge is 0.479 e. The number of carbonyl (C=O) groups excluding carboxylic acids is 2. The molecule has 1 heterocycles. The Bertz CT molecular complexity index is 1000. The van der Waals surface area contributed by atoms with Gasteiger partial charge in [0.1, 0.15) is 24.9 Å². The van der Waals surface area contributed by atoms with Gasteiger partial charge in [0.05, 0.1) is 6.61 Å². The first-order valence-corrected chi connectivity index (χ1v) is 21.4. The fourth-order valence-electron chi connectivity index (χ4n) is 6.38. The zero-order valence-electron chi connectivity index (χ0n) is 33.7. The third-order valence-electron chi connectivity index (χ3n) is 9.80. The number of aliphatic hydroxyl groups is 3. The summed E-state index contributed by atoms with van der Waals surface area (Å²) in [5.74, 6) is -2.46. The van der Waals surface area contributed by atoms with Gasteiger partial charge in [-0.2, -0.15) is 0 Å². The standard InChI is InChI=1S/C43H76O11/c1-3-5-7-9-11-13-15-17-18-20-21-23-25-27-29-31-36(44)51-33-35(34-52-43-40(48)38(46)39(47)41(54-43)42(49)50)53-37(45)32-30-28-26-24-22-19-16-14-12-10-8-6-4-2/h11,13,17-18,35,38-41,43,46-48H,3-10,12,14-16,19-34H2,1-2H3,(H,49,50)/b13-11-,18-17-. The molecule has 0 aromatic carbocycles. The molecule has 0 bridgehead atoms. The molecule has 1 fully saturated rings. The van der Waals surface area contributed by atoms with Crippen LogP contribution in [0.2, 0.25) is 0 Å². The van der Waals surface area contributed by atoms with Crippen LogP contribution in [-0.2, 0) is 33.3 Å². The molecule has 1 rings (SSSR count). The van der Waals surface area contributed by atoms with Gasteiger partial charge in [-0.25, -0.2) is 4.79 Å². The molecule has 0 aliphatic carbocycles. The molecule has 4 N–H and O–H groups in total. The van der Waals surface area contributed by atoms with E-state index in [1.165, 1.54) is 77.0 Å². The van der Waals surface area contributed by atoms with E-state index in [0.717, 1.165) is 64.2 Å². The molecule has 0 amide bonds. The fourth-order valence-corrected chi connectivity index (χ4v) is 6.38. The minimum atomic E-state index is -1.86. The second kappa shape index (κ2) is 34.0. The van der Waals surface area contributed by atoms with Crippen LogP contribution in [0.25, 0.3) is 0 Å². The Morgan fingerprint density at radius 1 is 0.574 bits per heavy atom. The van der Waals surface area contributed by atoms with Gasteiger partial charge in [0.25, 0.3) is 0 Å². The third kappa shape index (κ3) is 25.7. The van der Waals surface area contributed by atoms with Gasteiger partial charge in [0.2, 0.25) is 0 Å². The molecule has 1 aliphatic rings. The molecular weight excluding hydrogens is 692 g/mol. The summed E-state index contributed by atoms with van der Waals surface area (Å²) in [7, 11) is 0. The van der Waals surface area contributed by atoms with Crippen LogP contribution in [0.3, 0.4) is 0 Å². The average Bonchev–Trinajstić information content (AvgIpc) is 3.15. The van der Waals surface area contributed by atoms with Gasteiger partial charge in [-0.15, -0.1) is 0 Å². The monoisotopic (exact) mass is 769 g/mol. The van der Waals surface area contributed by atoms with Crippen LogP contribution in [0.15, 0.2) is 24.3 Å². The maximum Gasteiger partial charge on any atom is 0.335 e. The lowest BCUT2D eigenvalue weighted by Gasteiger charge is -2.38. The van der Waals surface area contributed by atoms with Gasteiger partial charge < -0.3 is 39.4 Å². The van der Waals surface area contributed by atoms with Crippen LogP contribution < -0.4 is 0 Å². The molecule has 1 aliphatic heterocycles. The Morgan fingerprint density at radius 3 is 1.57 bits per heavy atom. The highest BCUT2D eigenvalue weighted by molar-refractivity contribution is 5.73. The molecule has 1 saturated heterocycles. The van der Waals surface area contributed by atoms with Crippen LogP contribution in [0, 0.1) is 0 Å². The molecule has 0 radical (unpaired) electrons. The molecule has 11 heteroatoms. The predicted molar refractivity (Wildman–Crippen MR) is 211 cm³/mol. The van der Waals surface area contributed by atoms with Crippen molar-refractivity contribution in [2.24, 2.45) is 0 Å². The number of allylic oxidation sites excluding steroid dienone is 4. The van der Waals surface area contributed by atoms with E-state index in [0.29, 0.717) is 12.8 Å². The van der Waals surface area contributed by atoms with Crippen molar-refractivity contribution < 1.29 is 53.8 Å². The van der Waals surface area contributed by atoms with Gasteiger partial charge in [0.15, 0.2) is 18.5 Å². The SMILES string of the molecule is CCCCC/C=C\C/C=C\CCCCCCCC(=O)OCC(COC1OC(C(=O)O)C(O)C(O)C1O)OC(=O)CCCCCCCCCCCCCCC. The third-order valence-corrected chi connectivity index (χ3v) is 9.80. The van der Waals surface area contributed by atoms with Crippen molar-refractivity contribution in [3.05, 3.63) is 24.3 Å². The minimum Gasteiger partial charge on any atom is -0.479 e. The molecule has 6 unspecified atom stereocenters. The van der Waals surface area contributed by atoms with E-state index in [9.17, 15) is 34.8 Å². The number of carboxylic acid groups (broad SMARTS) is 1. The first kappa shape index (κ1) is 49.7. The maximum atomic E-state index is 12.7. The normalized spacial score (nSPS) is 20.8. The van der Waals surface area contributed by atoms with Crippen molar-refractivity contribution in [2.45, 2.75) is 218 Å². The Kier molecular flexibility index (Phi) is 31.3. The molecule has 0 aromatic heterocycles. The summed E-state index contributed by atoms with van der Waals surface area (Å²) in [6.07, 6.45) is 26.6. The van der Waals surface area contributed by atoms with Crippen LogP contribution in [0.4, 0.5) is 0 Å². The van der Waals surface area contributed by atoms with Gasteiger partial charge in [0, 0.05) is 12.8 Å². The summed E-state index contributed by atoms with van der Waals surface area (Å²) < 4.78 is 21.7. The number of ether oxygens (including phenoxy) is 4. The quantitative estimate of drug-likeness (QED) is 0.0277. The lowest BCUT2D eigenvalue weighted by atomic mass is 9.99. The Hall–Kier alpha value is -2.31. The second-order valence-corrected chi connectivity index (χ2v) is 14.8. The van der Waals surface area contributed by atoms with Crippen molar-refractivity contribution in [1.82, 2.24) is 0 Å². The summed E-state index contributed by atoms with van der Waals surface area (Å²) in [5.41, 5.74) is 0. The number of carbonyl (C=O) groups is 3. The van der Waals surface area contributed by atoms with E-state index in [1.54, 1.807) is 0 Å². The van der Waals surface area contributed by atoms with Crippen molar-refractivity contribution in [3.8, 4) is 0 Å². The molecule has 0 aromatic rings. The lowest BCUT2D eigenvalue weighted by molar-refractivity contribution is -0.298. The Balaban J connectivity index is 2.40. The first-order valence-electron chi connectivity index (χ1n) is 21.4. The van der Waals surface area contributed by atoms with Gasteiger partial charge >= 0.3 is 17.9 Å². The van der Waals surface area contributed by atoms with E-state index < -0.39 is 61.3 Å². The maximum absolute atomic E-state index is 12.7. The summed E-state index contributed by atoms with van der Waals surface area (Å²) >= 11 is 0. The van der Waals surface area contributed by atoms with Gasteiger partial charge in [-0.3, -0.25) is 9.59 Å². The number of unbranched alkanes of at least 4 members (excludes halogenated alkanes) is 20. The first-order chi connectivity index (χ1) is 26.2. The molecule has 0 saturated carbocycles. The van der Waals surface area contributed by atoms with Crippen LogP contribution in [0.5, 0.6) is 0 Å². The van der Waals surface area contributed by atoms with Crippen LogP contribution >= 0.6 is 0 Å². The van der Waals surface area contributed by atoms with E-state index in [-0.39, 0.29) is 19.4 Å². The zero-order valence-corrected chi connectivity index (χ0v) is 33.7. The minimum absolute atomic E-state index is 0.183. The second-order valence-electron chi connectivity index (χ2n) is 14.8. The van der Waals surface area contributed by atoms with Gasteiger partial charge in [-0.1, -0.05) is 147 Å². The number of aliphatic carboxylic acids is 1. The van der Waals surface area contributed by atoms with E-state index >= 15 is 0 Å². The Labute approximate surface area is 326 Å². The molecule has 314 valence electrons. The number of aliphatic hydroxyl groups excluding tert-OH is 3. The number of hydrogen-bond acceptors (Lipinski definition) is 10. The number of esters is 2. The summed E-state index contributed by atoms with van der Waals surface area (Å²) in [4.78, 5) is 36.7. The molecule has 6 atom stereocenters. The molecule has 54 heavy (non-hydrogen) atoms. The number of rotatable bonds is 35. The highest BCUT2D eigenvalue weighted by atomic mass is 16.7. The van der Waals surface area contributed by atoms with Crippen molar-refractivity contribution >= 4 is 17.9 Å². The highest BCUT2D eigenvalue weighted by Crippen LogP contribution is 2.23. The van der Waals surface area contributed by atoms with E-state index in [1.807, 2.05) is 0 Å². The summed E-state index contributed by atoms with van der Waals surface area (Å²) in [5, 5.41) is 39.7. The highest BCUT2D eigenvalue weighted by Gasteiger charge is 2.47. The predicted octanol–water partition coefficient (Wildman–Crippen LogP) is 8.65. The lowest BCUT2D eigenvalue weighted by Crippen LogP contribution is -2.60. The van der Waals surface area contributed by atoms with Crippen molar-refractivity contribution in [1.29, 1.82) is 0 Å². The van der Waals surface area contributed by atoms with Crippen molar-refractivity contribution in [2.75, 3.05) is 13.2 Å². The number of hydrogen-bond donors (Lipinski definition) is 4. The molecular formula is C43H76O11. The summed E-state index contributed by atoms with van der Waals surface area (Å²) in [6, 6.07) is 0.